The number of pyridine rings is 1. The maximum absolute atomic E-state index is 11.7. The smallest absolute Gasteiger partial charge is 0.276 e. The fraction of sp³-hybridized carbons (Fsp3) is 0.0909. The quantitative estimate of drug-likeness (QED) is 0.595. The number of nitrogens with one attached hydrogen (secondary N) is 1. The SMILES string of the molecule is Cn1cc2c(n1)c(=O)[nH]c1ccccc12. The lowest BCUT2D eigenvalue weighted by Crippen LogP contribution is -2.06. The van der Waals surface area contributed by atoms with Crippen LogP contribution in [0, 0.1) is 0 Å². The summed E-state index contributed by atoms with van der Waals surface area (Å²) in [6.45, 7) is 0. The van der Waals surface area contributed by atoms with Crippen LogP contribution >= 0.6 is 0 Å². The summed E-state index contributed by atoms with van der Waals surface area (Å²) in [6.07, 6.45) is 1.87. The minimum absolute atomic E-state index is 0.135. The first-order valence-electron chi connectivity index (χ1n) is 4.70. The van der Waals surface area contributed by atoms with Crippen molar-refractivity contribution in [3.63, 3.8) is 0 Å². The molecule has 0 bridgehead atoms. The zero-order chi connectivity index (χ0) is 10.4. The van der Waals surface area contributed by atoms with E-state index in [1.807, 2.05) is 37.5 Å². The molecule has 15 heavy (non-hydrogen) atoms. The first-order chi connectivity index (χ1) is 7.25. The highest BCUT2D eigenvalue weighted by Crippen LogP contribution is 2.19. The number of nitrogens with zero attached hydrogens (tertiary/aromatic N) is 2. The fourth-order valence-corrected chi connectivity index (χ4v) is 1.86. The molecule has 1 N–H and O–H groups in total. The molecule has 0 amide bonds. The molecule has 74 valence electrons. The number of aromatic nitrogens is 3. The summed E-state index contributed by atoms with van der Waals surface area (Å²) < 4.78 is 1.66. The van der Waals surface area contributed by atoms with Gasteiger partial charge in [-0.3, -0.25) is 9.48 Å². The van der Waals surface area contributed by atoms with Crippen LogP contribution in [0.15, 0.2) is 35.3 Å². The van der Waals surface area contributed by atoms with Gasteiger partial charge in [0.05, 0.1) is 0 Å². The Morgan fingerprint density at radius 3 is 2.93 bits per heavy atom. The predicted molar refractivity (Wildman–Crippen MR) is 58.8 cm³/mol. The Morgan fingerprint density at radius 1 is 1.27 bits per heavy atom. The van der Waals surface area contributed by atoms with Gasteiger partial charge in [0, 0.05) is 29.5 Å². The van der Waals surface area contributed by atoms with Crippen molar-refractivity contribution in [2.45, 2.75) is 0 Å². The summed E-state index contributed by atoms with van der Waals surface area (Å²) in [5, 5.41) is 6.06. The first kappa shape index (κ1) is 8.23. The Bertz CT molecular complexity index is 708. The molecule has 1 aromatic carbocycles. The molecular weight excluding hydrogens is 190 g/mol. The third kappa shape index (κ3) is 1.08. The van der Waals surface area contributed by atoms with Crippen LogP contribution in [0.1, 0.15) is 0 Å². The van der Waals surface area contributed by atoms with Crippen LogP contribution in [0.4, 0.5) is 0 Å². The topological polar surface area (TPSA) is 50.7 Å². The van der Waals surface area contributed by atoms with Crippen LogP contribution in [-0.4, -0.2) is 14.8 Å². The second-order valence-corrected chi connectivity index (χ2v) is 3.56. The Hall–Kier alpha value is -2.10. The largest absolute Gasteiger partial charge is 0.320 e. The molecule has 0 atom stereocenters. The standard InChI is InChI=1S/C11H9N3O/c1-14-6-8-7-4-2-3-5-9(7)12-11(15)10(8)13-14/h2-6H,1H3,(H,12,15). The van der Waals surface area contributed by atoms with Gasteiger partial charge in [-0.05, 0) is 6.07 Å². The van der Waals surface area contributed by atoms with Gasteiger partial charge in [0.25, 0.3) is 5.56 Å². The van der Waals surface area contributed by atoms with E-state index in [0.717, 1.165) is 16.3 Å². The summed E-state index contributed by atoms with van der Waals surface area (Å²) in [5.74, 6) is 0. The summed E-state index contributed by atoms with van der Waals surface area (Å²) >= 11 is 0. The third-order valence-electron chi connectivity index (χ3n) is 2.51. The number of para-hydroxylation sites is 1. The van der Waals surface area contributed by atoms with Crippen molar-refractivity contribution in [2.24, 2.45) is 7.05 Å². The third-order valence-corrected chi connectivity index (χ3v) is 2.51. The Kier molecular flexibility index (Phi) is 1.48. The molecule has 4 nitrogen and oxygen atoms in total. The monoisotopic (exact) mass is 199 g/mol. The molecular formula is C11H9N3O. The van der Waals surface area contributed by atoms with Crippen molar-refractivity contribution in [3.05, 3.63) is 40.8 Å². The van der Waals surface area contributed by atoms with Gasteiger partial charge >= 0.3 is 0 Å². The van der Waals surface area contributed by atoms with Gasteiger partial charge in [-0.25, -0.2) is 0 Å². The first-order valence-corrected chi connectivity index (χ1v) is 4.70. The van der Waals surface area contributed by atoms with Crippen molar-refractivity contribution in [2.75, 3.05) is 0 Å². The van der Waals surface area contributed by atoms with Crippen LogP contribution in [0.2, 0.25) is 0 Å². The molecule has 0 spiro atoms. The highest BCUT2D eigenvalue weighted by Gasteiger charge is 2.07. The van der Waals surface area contributed by atoms with Crippen molar-refractivity contribution < 1.29 is 0 Å². The van der Waals surface area contributed by atoms with E-state index >= 15 is 0 Å². The summed E-state index contributed by atoms with van der Waals surface area (Å²) in [6, 6.07) is 7.73. The lowest BCUT2D eigenvalue weighted by atomic mass is 10.1. The van der Waals surface area contributed by atoms with Gasteiger partial charge in [-0.15, -0.1) is 0 Å². The van der Waals surface area contributed by atoms with E-state index in [1.165, 1.54) is 0 Å². The molecule has 0 aliphatic carbocycles. The molecule has 0 aliphatic heterocycles. The summed E-state index contributed by atoms with van der Waals surface area (Å²) in [5.41, 5.74) is 1.21. The maximum Gasteiger partial charge on any atom is 0.276 e. The van der Waals surface area contributed by atoms with E-state index in [2.05, 4.69) is 10.1 Å². The van der Waals surface area contributed by atoms with Gasteiger partial charge in [0.2, 0.25) is 0 Å². The normalized spacial score (nSPS) is 11.3. The highest BCUT2D eigenvalue weighted by molar-refractivity contribution is 6.03. The summed E-state index contributed by atoms with van der Waals surface area (Å²) in [7, 11) is 1.81. The van der Waals surface area contributed by atoms with E-state index in [9.17, 15) is 4.79 Å². The van der Waals surface area contributed by atoms with Crippen molar-refractivity contribution in [3.8, 4) is 0 Å². The number of aromatic amines is 1. The zero-order valence-electron chi connectivity index (χ0n) is 8.19. The van der Waals surface area contributed by atoms with Gasteiger partial charge in [0.1, 0.15) is 0 Å². The Labute approximate surface area is 85.1 Å². The lowest BCUT2D eigenvalue weighted by Gasteiger charge is -1.96. The van der Waals surface area contributed by atoms with Crippen molar-refractivity contribution in [1.82, 2.24) is 14.8 Å². The summed E-state index contributed by atoms with van der Waals surface area (Å²) in [4.78, 5) is 14.5. The van der Waals surface area contributed by atoms with Crippen LogP contribution in [-0.2, 0) is 7.05 Å². The number of rotatable bonds is 0. The fourth-order valence-electron chi connectivity index (χ4n) is 1.86. The van der Waals surface area contributed by atoms with Gasteiger partial charge < -0.3 is 4.98 Å². The predicted octanol–water partition coefficient (Wildman–Crippen LogP) is 1.41. The number of hydrogen-bond donors (Lipinski definition) is 1. The Balaban J connectivity index is 2.69. The molecule has 2 heterocycles. The van der Waals surface area contributed by atoms with Gasteiger partial charge in [-0.1, -0.05) is 18.2 Å². The maximum atomic E-state index is 11.7. The average molecular weight is 199 g/mol. The minimum atomic E-state index is -0.135. The molecule has 3 aromatic rings. The minimum Gasteiger partial charge on any atom is -0.320 e. The second kappa shape index (κ2) is 2.70. The molecule has 0 aliphatic rings. The lowest BCUT2D eigenvalue weighted by molar-refractivity contribution is 0.778. The number of H-pyrrole nitrogens is 1. The molecule has 0 fully saturated rings. The van der Waals surface area contributed by atoms with Crippen LogP contribution in [0.25, 0.3) is 21.8 Å². The number of aryl methyl sites for hydroxylation is 1. The van der Waals surface area contributed by atoms with Crippen molar-refractivity contribution >= 4 is 21.8 Å². The molecule has 0 unspecified atom stereocenters. The molecule has 2 aromatic heterocycles. The van der Waals surface area contributed by atoms with E-state index in [-0.39, 0.29) is 5.56 Å². The average Bonchev–Trinajstić information content (AvgIpc) is 2.61. The van der Waals surface area contributed by atoms with Crippen LogP contribution in [0.3, 0.4) is 0 Å². The van der Waals surface area contributed by atoms with Gasteiger partial charge in [-0.2, -0.15) is 5.10 Å². The molecule has 0 saturated heterocycles. The zero-order valence-corrected chi connectivity index (χ0v) is 8.19. The Morgan fingerprint density at radius 2 is 2.07 bits per heavy atom. The molecule has 0 radical (unpaired) electrons. The van der Waals surface area contributed by atoms with Crippen molar-refractivity contribution in [1.29, 1.82) is 0 Å². The molecule has 0 saturated carbocycles. The molecule has 4 heteroatoms. The van der Waals surface area contributed by atoms with E-state index in [1.54, 1.807) is 4.68 Å². The van der Waals surface area contributed by atoms with E-state index in [4.69, 9.17) is 0 Å². The molecule has 3 rings (SSSR count). The highest BCUT2D eigenvalue weighted by atomic mass is 16.1. The number of hydrogen-bond acceptors (Lipinski definition) is 2. The van der Waals surface area contributed by atoms with Gasteiger partial charge in [0.15, 0.2) is 5.52 Å². The number of benzene rings is 1. The van der Waals surface area contributed by atoms with Crippen LogP contribution in [0.5, 0.6) is 0 Å². The number of fused-ring (bicyclic) bond motifs is 3. The second-order valence-electron chi connectivity index (χ2n) is 3.56. The van der Waals surface area contributed by atoms with E-state index < -0.39 is 0 Å². The van der Waals surface area contributed by atoms with E-state index in [0.29, 0.717) is 5.52 Å². The van der Waals surface area contributed by atoms with Crippen LogP contribution < -0.4 is 5.56 Å².